The van der Waals surface area contributed by atoms with Gasteiger partial charge in [-0.1, -0.05) is 0 Å². The van der Waals surface area contributed by atoms with Crippen molar-refractivity contribution in [2.24, 2.45) is 0 Å². The highest BCUT2D eigenvalue weighted by Crippen LogP contribution is 2.29. The highest BCUT2D eigenvalue weighted by molar-refractivity contribution is 8.13. The van der Waals surface area contributed by atoms with Gasteiger partial charge in [0.25, 0.3) is 0 Å². The van der Waals surface area contributed by atoms with Gasteiger partial charge in [-0.3, -0.25) is 4.79 Å². The van der Waals surface area contributed by atoms with Crippen LogP contribution in [-0.4, -0.2) is 16.6 Å². The van der Waals surface area contributed by atoms with Crippen LogP contribution >= 0.6 is 11.8 Å². The minimum Gasteiger partial charge on any atom is -0.375 e. The summed E-state index contributed by atoms with van der Waals surface area (Å²) >= 11 is 1.04. The smallest absolute Gasteiger partial charge is 0.214 e. The molecular formula is C7H5FN2OS. The van der Waals surface area contributed by atoms with E-state index in [9.17, 15) is 9.18 Å². The lowest BCUT2D eigenvalue weighted by atomic mass is 10.4. The molecule has 1 N–H and O–H groups in total. The summed E-state index contributed by atoms with van der Waals surface area (Å²) in [4.78, 5) is 14.7. The van der Waals surface area contributed by atoms with Gasteiger partial charge in [-0.15, -0.1) is 0 Å². The molecular weight excluding hydrogens is 179 g/mol. The molecule has 0 bridgehead atoms. The third-order valence-electron chi connectivity index (χ3n) is 1.45. The molecule has 0 unspecified atom stereocenters. The van der Waals surface area contributed by atoms with E-state index in [1.165, 1.54) is 6.07 Å². The third kappa shape index (κ3) is 1.27. The number of thioether (sulfide) groups is 1. The topological polar surface area (TPSA) is 42.0 Å². The molecule has 0 saturated heterocycles. The number of anilines is 1. The van der Waals surface area contributed by atoms with Crippen LogP contribution in [0.15, 0.2) is 17.3 Å². The van der Waals surface area contributed by atoms with Crippen LogP contribution < -0.4 is 5.32 Å². The summed E-state index contributed by atoms with van der Waals surface area (Å²) in [6.07, 6.45) is 1.10. The van der Waals surface area contributed by atoms with Gasteiger partial charge in [-0.25, -0.2) is 9.37 Å². The van der Waals surface area contributed by atoms with Crippen molar-refractivity contribution < 1.29 is 9.18 Å². The number of pyridine rings is 1. The van der Waals surface area contributed by atoms with Crippen molar-refractivity contribution >= 4 is 22.6 Å². The molecule has 0 aromatic carbocycles. The first-order valence-corrected chi connectivity index (χ1v) is 4.17. The molecule has 0 saturated carbocycles. The standard InChI is InChI=1S/C7H5FN2OS/c8-4-1-5-7(10-2-4)12-6(11)3-9-5/h1-2,9H,3H2. The zero-order valence-electron chi connectivity index (χ0n) is 6.00. The summed E-state index contributed by atoms with van der Waals surface area (Å²) in [5.41, 5.74) is 0.597. The Bertz CT molecular complexity index is 342. The van der Waals surface area contributed by atoms with Crippen molar-refractivity contribution in [1.82, 2.24) is 4.98 Å². The van der Waals surface area contributed by atoms with Crippen LogP contribution in [0.2, 0.25) is 0 Å². The average molecular weight is 184 g/mol. The maximum absolute atomic E-state index is 12.6. The Morgan fingerprint density at radius 1 is 1.67 bits per heavy atom. The maximum Gasteiger partial charge on any atom is 0.214 e. The molecule has 0 amide bonds. The molecule has 0 aliphatic carbocycles. The molecule has 0 spiro atoms. The molecule has 1 aliphatic heterocycles. The van der Waals surface area contributed by atoms with Crippen LogP contribution in [0.3, 0.4) is 0 Å². The van der Waals surface area contributed by atoms with Gasteiger partial charge >= 0.3 is 0 Å². The van der Waals surface area contributed by atoms with Gasteiger partial charge in [0, 0.05) is 6.07 Å². The number of hydrogen-bond acceptors (Lipinski definition) is 4. The van der Waals surface area contributed by atoms with Crippen LogP contribution in [0.25, 0.3) is 0 Å². The zero-order chi connectivity index (χ0) is 8.55. The second-order valence-corrected chi connectivity index (χ2v) is 3.38. The quantitative estimate of drug-likeness (QED) is 0.659. The summed E-state index contributed by atoms with van der Waals surface area (Å²) in [6, 6.07) is 1.34. The van der Waals surface area contributed by atoms with Crippen molar-refractivity contribution in [2.75, 3.05) is 11.9 Å². The number of halogens is 1. The normalized spacial score (nSPS) is 15.2. The second-order valence-electron chi connectivity index (χ2n) is 2.33. The number of carbonyl (C=O) groups excluding carboxylic acids is 1. The largest absolute Gasteiger partial charge is 0.375 e. The molecule has 2 rings (SSSR count). The summed E-state index contributed by atoms with van der Waals surface area (Å²) in [6.45, 7) is 0.239. The molecule has 62 valence electrons. The minimum atomic E-state index is -0.392. The number of aromatic nitrogens is 1. The predicted molar refractivity (Wildman–Crippen MR) is 43.5 cm³/mol. The summed E-state index contributed by atoms with van der Waals surface area (Å²) < 4.78 is 12.6. The first-order valence-electron chi connectivity index (χ1n) is 3.36. The van der Waals surface area contributed by atoms with Crippen LogP contribution in [0.1, 0.15) is 0 Å². The molecule has 2 heterocycles. The van der Waals surface area contributed by atoms with Crippen molar-refractivity contribution in [3.05, 3.63) is 18.1 Å². The number of carbonyl (C=O) groups is 1. The van der Waals surface area contributed by atoms with E-state index in [1.807, 2.05) is 0 Å². The fraction of sp³-hybridized carbons (Fsp3) is 0.143. The third-order valence-corrected chi connectivity index (χ3v) is 2.34. The monoisotopic (exact) mass is 184 g/mol. The summed E-state index contributed by atoms with van der Waals surface area (Å²) in [5, 5.41) is 3.33. The Hall–Kier alpha value is -1.10. The molecule has 12 heavy (non-hydrogen) atoms. The Morgan fingerprint density at radius 2 is 2.50 bits per heavy atom. The lowest BCUT2D eigenvalue weighted by molar-refractivity contribution is -0.109. The van der Waals surface area contributed by atoms with Gasteiger partial charge in [-0.2, -0.15) is 0 Å². The van der Waals surface area contributed by atoms with Crippen LogP contribution in [-0.2, 0) is 4.79 Å². The Kier molecular flexibility index (Phi) is 1.73. The average Bonchev–Trinajstić information content (AvgIpc) is 2.05. The number of nitrogens with zero attached hydrogens (tertiary/aromatic N) is 1. The van der Waals surface area contributed by atoms with Crippen molar-refractivity contribution in [3.63, 3.8) is 0 Å². The van der Waals surface area contributed by atoms with Crippen molar-refractivity contribution in [2.45, 2.75) is 5.03 Å². The molecule has 3 nitrogen and oxygen atoms in total. The van der Waals surface area contributed by atoms with Gasteiger partial charge < -0.3 is 5.32 Å². The van der Waals surface area contributed by atoms with Crippen molar-refractivity contribution in [1.29, 1.82) is 0 Å². The lowest BCUT2D eigenvalue weighted by Crippen LogP contribution is -2.16. The van der Waals surface area contributed by atoms with Gasteiger partial charge in [0.05, 0.1) is 18.4 Å². The molecule has 0 atom stereocenters. The number of fused-ring (bicyclic) bond motifs is 1. The van der Waals surface area contributed by atoms with Crippen LogP contribution in [0.5, 0.6) is 0 Å². The van der Waals surface area contributed by atoms with E-state index in [0.717, 1.165) is 18.0 Å². The fourth-order valence-corrected chi connectivity index (χ4v) is 1.65. The minimum absolute atomic E-state index is 0.00149. The van der Waals surface area contributed by atoms with Gasteiger partial charge in [0.2, 0.25) is 5.12 Å². The van der Waals surface area contributed by atoms with Crippen LogP contribution in [0, 0.1) is 5.82 Å². The second kappa shape index (κ2) is 2.75. The maximum atomic E-state index is 12.6. The molecule has 1 aromatic heterocycles. The van der Waals surface area contributed by atoms with Gasteiger partial charge in [0.15, 0.2) is 0 Å². The first-order chi connectivity index (χ1) is 5.75. The van der Waals surface area contributed by atoms with Gasteiger partial charge in [0.1, 0.15) is 10.8 Å². The van der Waals surface area contributed by atoms with E-state index >= 15 is 0 Å². The van der Waals surface area contributed by atoms with Crippen molar-refractivity contribution in [3.8, 4) is 0 Å². The first kappa shape index (κ1) is 7.54. The molecule has 0 radical (unpaired) electrons. The van der Waals surface area contributed by atoms with Gasteiger partial charge in [-0.05, 0) is 11.8 Å². The van der Waals surface area contributed by atoms with E-state index < -0.39 is 5.82 Å². The fourth-order valence-electron chi connectivity index (χ4n) is 0.946. The lowest BCUT2D eigenvalue weighted by Gasteiger charge is -2.14. The van der Waals surface area contributed by atoms with E-state index in [2.05, 4.69) is 10.3 Å². The molecule has 1 aromatic rings. The predicted octanol–water partition coefficient (Wildman–Crippen LogP) is 1.26. The number of rotatable bonds is 0. The molecule has 5 heteroatoms. The summed E-state index contributed by atoms with van der Waals surface area (Å²) in [7, 11) is 0. The molecule has 0 fully saturated rings. The molecule has 1 aliphatic rings. The van der Waals surface area contributed by atoms with Crippen LogP contribution in [0.4, 0.5) is 10.1 Å². The Balaban J connectivity index is 2.43. The van der Waals surface area contributed by atoms with E-state index in [4.69, 9.17) is 0 Å². The highest BCUT2D eigenvalue weighted by atomic mass is 32.2. The summed E-state index contributed by atoms with van der Waals surface area (Å²) in [5.74, 6) is -0.392. The SMILES string of the molecule is O=C1CNc2cc(F)cnc2S1. The highest BCUT2D eigenvalue weighted by Gasteiger charge is 2.16. The zero-order valence-corrected chi connectivity index (χ0v) is 6.82. The Morgan fingerprint density at radius 3 is 3.33 bits per heavy atom. The van der Waals surface area contributed by atoms with E-state index in [0.29, 0.717) is 10.7 Å². The number of nitrogens with one attached hydrogen (secondary N) is 1. The number of hydrogen-bond donors (Lipinski definition) is 1. The van der Waals surface area contributed by atoms with E-state index in [1.54, 1.807) is 0 Å². The Labute approximate surface area is 72.4 Å². The van der Waals surface area contributed by atoms with E-state index in [-0.39, 0.29) is 11.7 Å².